The fourth-order valence-electron chi connectivity index (χ4n) is 2.86. The number of alkyl halides is 3. The van der Waals surface area contributed by atoms with Gasteiger partial charge in [0.1, 0.15) is 5.01 Å². The number of benzene rings is 2. The lowest BCUT2D eigenvalue weighted by molar-refractivity contribution is -0.106. The largest absolute Gasteiger partial charge is 0.423 e. The second-order valence-corrected chi connectivity index (χ2v) is 9.54. The van der Waals surface area contributed by atoms with Crippen LogP contribution in [-0.2, 0) is 23.0 Å². The number of halogens is 3. The molecule has 0 bridgehead atoms. The summed E-state index contributed by atoms with van der Waals surface area (Å²) in [6.07, 6.45) is -4.61. The monoisotopic (exact) mass is 468 g/mol. The molecule has 31 heavy (non-hydrogen) atoms. The predicted octanol–water partition coefficient (Wildman–Crippen LogP) is 3.92. The molecule has 162 valence electrons. The summed E-state index contributed by atoms with van der Waals surface area (Å²) in [7, 11) is -4.54. The predicted molar refractivity (Wildman–Crippen MR) is 109 cm³/mol. The van der Waals surface area contributed by atoms with Crippen LogP contribution < -0.4 is 4.72 Å². The van der Waals surface area contributed by atoms with E-state index in [9.17, 15) is 21.6 Å². The van der Waals surface area contributed by atoms with Crippen LogP contribution in [0.15, 0.2) is 52.9 Å². The van der Waals surface area contributed by atoms with Gasteiger partial charge in [0, 0.05) is 0 Å². The number of aromatic nitrogens is 3. The van der Waals surface area contributed by atoms with Crippen LogP contribution in [0.3, 0.4) is 0 Å². The summed E-state index contributed by atoms with van der Waals surface area (Å²) in [5.74, 6) is -1.92. The van der Waals surface area contributed by atoms with E-state index < -0.39 is 28.5 Å². The van der Waals surface area contributed by atoms with Crippen molar-refractivity contribution in [3.8, 4) is 11.1 Å². The van der Waals surface area contributed by atoms with Crippen LogP contribution in [-0.4, -0.2) is 35.5 Å². The van der Waals surface area contributed by atoms with Gasteiger partial charge in [0.05, 0.1) is 23.2 Å². The highest BCUT2D eigenvalue weighted by Crippen LogP contribution is 2.29. The molecule has 0 saturated carbocycles. The van der Waals surface area contributed by atoms with Crippen molar-refractivity contribution in [1.82, 2.24) is 19.9 Å². The molecule has 12 heteroatoms. The van der Waals surface area contributed by atoms with Gasteiger partial charge in [0.2, 0.25) is 21.8 Å². The van der Waals surface area contributed by atoms with Gasteiger partial charge in [-0.3, -0.25) is 0 Å². The summed E-state index contributed by atoms with van der Waals surface area (Å²) in [6, 6.07) is 15.9. The minimum atomic E-state index is -4.83. The Morgan fingerprint density at radius 2 is 1.74 bits per heavy atom. The first-order valence-electron chi connectivity index (χ1n) is 8.97. The fourth-order valence-corrected chi connectivity index (χ4v) is 4.73. The van der Waals surface area contributed by atoms with Crippen molar-refractivity contribution in [2.24, 2.45) is 0 Å². The molecular weight excluding hydrogens is 453 g/mol. The molecule has 0 aliphatic heterocycles. The van der Waals surface area contributed by atoms with Crippen molar-refractivity contribution < 1.29 is 26.0 Å². The molecule has 0 radical (unpaired) electrons. The zero-order valence-electron chi connectivity index (χ0n) is 15.8. The van der Waals surface area contributed by atoms with Crippen LogP contribution >= 0.6 is 11.3 Å². The van der Waals surface area contributed by atoms with E-state index in [-0.39, 0.29) is 18.2 Å². The highest BCUT2D eigenvalue weighted by atomic mass is 32.2. The number of fused-ring (bicyclic) bond motifs is 1. The fraction of sp³-hybridized carbons (Fsp3) is 0.211. The summed E-state index contributed by atoms with van der Waals surface area (Å²) in [5.41, 5.74) is 2.97. The van der Waals surface area contributed by atoms with Crippen molar-refractivity contribution in [2.75, 3.05) is 5.75 Å². The van der Waals surface area contributed by atoms with Gasteiger partial charge in [-0.15, -0.1) is 21.5 Å². The summed E-state index contributed by atoms with van der Waals surface area (Å²) in [4.78, 5) is 4.53. The maximum atomic E-state index is 12.3. The summed E-state index contributed by atoms with van der Waals surface area (Å²) in [6.45, 7) is -0.522. The van der Waals surface area contributed by atoms with Gasteiger partial charge in [-0.25, -0.2) is 18.1 Å². The molecule has 7 nitrogen and oxygen atoms in total. The minimum Gasteiger partial charge on any atom is -0.423 e. The Hall–Kier alpha value is -2.83. The topological polar surface area (TPSA) is 98.0 Å². The molecule has 4 rings (SSSR count). The number of nitrogens with one attached hydrogen (secondary N) is 1. The van der Waals surface area contributed by atoms with Crippen molar-refractivity contribution in [3.63, 3.8) is 0 Å². The first-order valence-corrected chi connectivity index (χ1v) is 11.4. The lowest BCUT2D eigenvalue weighted by Gasteiger charge is -2.07. The Kier molecular flexibility index (Phi) is 5.77. The number of hydrogen-bond donors (Lipinski definition) is 1. The Morgan fingerprint density at radius 3 is 2.48 bits per heavy atom. The number of sulfonamides is 1. The van der Waals surface area contributed by atoms with E-state index >= 15 is 0 Å². The molecule has 2 aromatic heterocycles. The Bertz CT molecular complexity index is 1300. The van der Waals surface area contributed by atoms with E-state index in [2.05, 4.69) is 15.2 Å². The van der Waals surface area contributed by atoms with Gasteiger partial charge in [0.25, 0.3) is 0 Å². The van der Waals surface area contributed by atoms with Crippen LogP contribution in [0.1, 0.15) is 16.8 Å². The summed E-state index contributed by atoms with van der Waals surface area (Å²) >= 11 is 1.46. The smallest absolute Gasteiger partial charge is 0.404 e. The van der Waals surface area contributed by atoms with Crippen molar-refractivity contribution in [3.05, 3.63) is 65.3 Å². The Balaban J connectivity index is 1.43. The molecule has 0 spiro atoms. The van der Waals surface area contributed by atoms with Crippen LogP contribution in [0.2, 0.25) is 0 Å². The minimum absolute atomic E-state index is 0.131. The van der Waals surface area contributed by atoms with Gasteiger partial charge in [-0.2, -0.15) is 13.2 Å². The highest BCUT2D eigenvalue weighted by Gasteiger charge is 2.35. The van der Waals surface area contributed by atoms with Gasteiger partial charge < -0.3 is 4.42 Å². The molecule has 0 amide bonds. The number of hydrogen-bond acceptors (Lipinski definition) is 7. The van der Waals surface area contributed by atoms with Crippen LogP contribution in [0.25, 0.3) is 21.3 Å². The third-order valence-electron chi connectivity index (χ3n) is 4.15. The second-order valence-electron chi connectivity index (χ2n) is 6.62. The SMILES string of the molecule is O=S(=O)(CC(F)(F)F)NCc1nnc(Cc2nc3ccc(-c4ccccc4)cc3s2)o1. The maximum Gasteiger partial charge on any atom is 0.404 e. The highest BCUT2D eigenvalue weighted by molar-refractivity contribution is 7.89. The van der Waals surface area contributed by atoms with Gasteiger partial charge in [0.15, 0.2) is 5.75 Å². The first-order chi connectivity index (χ1) is 14.7. The lowest BCUT2D eigenvalue weighted by Crippen LogP contribution is -2.33. The number of thiazole rings is 1. The zero-order valence-corrected chi connectivity index (χ0v) is 17.4. The molecule has 0 unspecified atom stereocenters. The molecule has 1 N–H and O–H groups in total. The molecule has 0 aliphatic rings. The zero-order chi connectivity index (χ0) is 22.1. The second kappa shape index (κ2) is 8.36. The van der Waals surface area contributed by atoms with E-state index in [1.165, 1.54) is 11.3 Å². The number of nitrogens with zero attached hydrogens (tertiary/aromatic N) is 3. The third-order valence-corrected chi connectivity index (χ3v) is 6.46. The van der Waals surface area contributed by atoms with Gasteiger partial charge in [-0.05, 0) is 23.3 Å². The average Bonchev–Trinajstić information content (AvgIpc) is 3.31. The van der Waals surface area contributed by atoms with Gasteiger partial charge >= 0.3 is 6.18 Å². The molecule has 0 atom stereocenters. The molecule has 2 heterocycles. The van der Waals surface area contributed by atoms with Crippen molar-refractivity contribution in [2.45, 2.75) is 19.1 Å². The van der Waals surface area contributed by atoms with E-state index in [0.717, 1.165) is 21.3 Å². The molecular formula is C19H15F3N4O3S2. The lowest BCUT2D eigenvalue weighted by atomic mass is 10.1. The normalized spacial score (nSPS) is 12.5. The number of rotatable bonds is 7. The first kappa shape index (κ1) is 21.4. The van der Waals surface area contributed by atoms with E-state index in [4.69, 9.17) is 4.42 Å². The third kappa shape index (κ3) is 5.66. The average molecular weight is 468 g/mol. The van der Waals surface area contributed by atoms with E-state index in [0.29, 0.717) is 5.01 Å². The molecule has 0 saturated heterocycles. The van der Waals surface area contributed by atoms with Crippen LogP contribution in [0.4, 0.5) is 13.2 Å². The molecule has 0 fully saturated rings. The van der Waals surface area contributed by atoms with E-state index in [1.807, 2.05) is 48.5 Å². The Morgan fingerprint density at radius 1 is 1.00 bits per heavy atom. The van der Waals surface area contributed by atoms with Crippen LogP contribution in [0.5, 0.6) is 0 Å². The molecule has 0 aliphatic carbocycles. The van der Waals surface area contributed by atoms with Crippen molar-refractivity contribution in [1.29, 1.82) is 0 Å². The standard InChI is InChI=1S/C19H15F3N4O3S2/c20-19(21,22)11-31(27,28)23-10-17-26-25-16(29-17)9-18-24-14-7-6-13(8-15(14)30-18)12-4-2-1-3-5-12/h1-8,23H,9-11H2. The summed E-state index contributed by atoms with van der Waals surface area (Å²) in [5, 5.41) is 8.20. The van der Waals surface area contributed by atoms with Crippen molar-refractivity contribution >= 4 is 31.6 Å². The molecule has 2 aromatic carbocycles. The van der Waals surface area contributed by atoms with E-state index in [1.54, 1.807) is 4.72 Å². The van der Waals surface area contributed by atoms with Crippen LogP contribution in [0, 0.1) is 0 Å². The summed E-state index contributed by atoms with van der Waals surface area (Å²) < 4.78 is 67.7. The molecule has 4 aromatic rings. The maximum absolute atomic E-state index is 12.3. The quantitative estimate of drug-likeness (QED) is 0.442. The van der Waals surface area contributed by atoms with Gasteiger partial charge in [-0.1, -0.05) is 36.4 Å². The Labute approximate surface area is 179 Å².